The SMILES string of the molecule is CCN(c1ccccc1)c1cc(N2CCN(c3ccccn3)CC2)ncn1. The molecule has 0 radical (unpaired) electrons. The molecule has 1 aliphatic heterocycles. The van der Waals surface area contributed by atoms with Crippen LogP contribution in [0.5, 0.6) is 0 Å². The number of pyridine rings is 1. The molecular weight excluding hydrogens is 336 g/mol. The highest BCUT2D eigenvalue weighted by Gasteiger charge is 2.20. The van der Waals surface area contributed by atoms with Crippen molar-refractivity contribution in [3.05, 3.63) is 67.1 Å². The summed E-state index contributed by atoms with van der Waals surface area (Å²) in [5.41, 5.74) is 1.14. The third-order valence-electron chi connectivity index (χ3n) is 4.88. The van der Waals surface area contributed by atoms with E-state index in [9.17, 15) is 0 Å². The van der Waals surface area contributed by atoms with Gasteiger partial charge in [-0.1, -0.05) is 24.3 Å². The highest BCUT2D eigenvalue weighted by molar-refractivity contribution is 5.62. The Morgan fingerprint density at radius 3 is 2.19 bits per heavy atom. The van der Waals surface area contributed by atoms with Gasteiger partial charge in [-0.05, 0) is 31.2 Å². The van der Waals surface area contributed by atoms with Gasteiger partial charge in [0.1, 0.15) is 23.8 Å². The van der Waals surface area contributed by atoms with Gasteiger partial charge in [0.05, 0.1) is 0 Å². The highest BCUT2D eigenvalue weighted by Crippen LogP contribution is 2.26. The van der Waals surface area contributed by atoms with Crippen LogP contribution in [0.4, 0.5) is 23.1 Å². The topological polar surface area (TPSA) is 48.4 Å². The zero-order valence-electron chi connectivity index (χ0n) is 15.6. The van der Waals surface area contributed by atoms with Crippen molar-refractivity contribution in [2.75, 3.05) is 47.4 Å². The lowest BCUT2D eigenvalue weighted by Gasteiger charge is -2.36. The molecule has 1 aromatic carbocycles. The van der Waals surface area contributed by atoms with Crippen LogP contribution in [0.15, 0.2) is 67.1 Å². The molecule has 0 amide bonds. The molecule has 27 heavy (non-hydrogen) atoms. The molecule has 2 aromatic heterocycles. The van der Waals surface area contributed by atoms with Crippen molar-refractivity contribution in [3.8, 4) is 0 Å². The minimum Gasteiger partial charge on any atom is -0.353 e. The summed E-state index contributed by atoms with van der Waals surface area (Å²) >= 11 is 0. The first-order valence-corrected chi connectivity index (χ1v) is 9.40. The van der Waals surface area contributed by atoms with Gasteiger partial charge in [0.2, 0.25) is 0 Å². The maximum Gasteiger partial charge on any atom is 0.138 e. The molecule has 0 unspecified atom stereocenters. The summed E-state index contributed by atoms with van der Waals surface area (Å²) in [5, 5.41) is 0. The minimum absolute atomic E-state index is 0.855. The van der Waals surface area contributed by atoms with Gasteiger partial charge in [-0.25, -0.2) is 15.0 Å². The number of hydrogen-bond acceptors (Lipinski definition) is 6. The molecular formula is C21H24N6. The average Bonchev–Trinajstić information content (AvgIpc) is 2.76. The minimum atomic E-state index is 0.855. The normalized spacial score (nSPS) is 14.3. The lowest BCUT2D eigenvalue weighted by Crippen LogP contribution is -2.47. The second-order valence-corrected chi connectivity index (χ2v) is 6.48. The van der Waals surface area contributed by atoms with Gasteiger partial charge in [0.25, 0.3) is 0 Å². The maximum atomic E-state index is 4.53. The predicted molar refractivity (Wildman–Crippen MR) is 110 cm³/mol. The van der Waals surface area contributed by atoms with E-state index in [1.165, 1.54) is 0 Å². The number of para-hydroxylation sites is 1. The Kier molecular flexibility index (Phi) is 5.14. The third-order valence-corrected chi connectivity index (χ3v) is 4.88. The summed E-state index contributed by atoms with van der Waals surface area (Å²) in [4.78, 5) is 20.3. The van der Waals surface area contributed by atoms with E-state index in [-0.39, 0.29) is 0 Å². The van der Waals surface area contributed by atoms with E-state index in [1.54, 1.807) is 6.33 Å². The smallest absolute Gasteiger partial charge is 0.138 e. The molecule has 0 saturated carbocycles. The van der Waals surface area contributed by atoms with Crippen molar-refractivity contribution in [1.29, 1.82) is 0 Å². The molecule has 0 aliphatic carbocycles. The van der Waals surface area contributed by atoms with Crippen molar-refractivity contribution in [3.63, 3.8) is 0 Å². The second kappa shape index (κ2) is 8.03. The molecule has 0 atom stereocenters. The number of piperazine rings is 1. The number of hydrogen-bond donors (Lipinski definition) is 0. The van der Waals surface area contributed by atoms with Crippen molar-refractivity contribution < 1.29 is 0 Å². The maximum absolute atomic E-state index is 4.53. The Morgan fingerprint density at radius 2 is 1.52 bits per heavy atom. The molecule has 1 fully saturated rings. The Hall–Kier alpha value is -3.15. The van der Waals surface area contributed by atoms with Gasteiger partial charge in [0.15, 0.2) is 0 Å². The van der Waals surface area contributed by atoms with Gasteiger partial charge in [-0.2, -0.15) is 0 Å². The molecule has 6 heteroatoms. The highest BCUT2D eigenvalue weighted by atomic mass is 15.3. The molecule has 1 aliphatic rings. The fourth-order valence-corrected chi connectivity index (χ4v) is 3.45. The first kappa shape index (κ1) is 17.3. The number of anilines is 4. The third kappa shape index (κ3) is 3.84. The van der Waals surface area contributed by atoms with Crippen LogP contribution in [0.3, 0.4) is 0 Å². The average molecular weight is 360 g/mol. The van der Waals surface area contributed by atoms with Gasteiger partial charge in [-0.3, -0.25) is 0 Å². The largest absolute Gasteiger partial charge is 0.353 e. The lowest BCUT2D eigenvalue weighted by molar-refractivity contribution is 0.641. The van der Waals surface area contributed by atoms with E-state index < -0.39 is 0 Å². The van der Waals surface area contributed by atoms with E-state index in [0.29, 0.717) is 0 Å². The molecule has 138 valence electrons. The molecule has 0 N–H and O–H groups in total. The molecule has 3 aromatic rings. The summed E-state index contributed by atoms with van der Waals surface area (Å²) in [6.07, 6.45) is 3.52. The number of aromatic nitrogens is 3. The second-order valence-electron chi connectivity index (χ2n) is 6.48. The summed E-state index contributed by atoms with van der Waals surface area (Å²) in [5.74, 6) is 2.96. The zero-order valence-corrected chi connectivity index (χ0v) is 15.6. The van der Waals surface area contributed by atoms with Gasteiger partial charge >= 0.3 is 0 Å². The van der Waals surface area contributed by atoms with Crippen molar-refractivity contribution >= 4 is 23.1 Å². The van der Waals surface area contributed by atoms with Crippen molar-refractivity contribution in [2.24, 2.45) is 0 Å². The molecule has 1 saturated heterocycles. The lowest BCUT2D eigenvalue weighted by atomic mass is 10.2. The van der Waals surface area contributed by atoms with Crippen molar-refractivity contribution in [2.45, 2.75) is 6.92 Å². The molecule has 6 nitrogen and oxygen atoms in total. The Labute approximate surface area is 160 Å². The van der Waals surface area contributed by atoms with Crippen LogP contribution < -0.4 is 14.7 Å². The van der Waals surface area contributed by atoms with Crippen LogP contribution in [0.2, 0.25) is 0 Å². The molecule has 0 spiro atoms. The van der Waals surface area contributed by atoms with Crippen molar-refractivity contribution in [1.82, 2.24) is 15.0 Å². The quantitative estimate of drug-likeness (QED) is 0.695. The van der Waals surface area contributed by atoms with Crippen LogP contribution in [0.25, 0.3) is 0 Å². The summed E-state index contributed by atoms with van der Waals surface area (Å²) < 4.78 is 0. The van der Waals surface area contributed by atoms with Crippen LogP contribution >= 0.6 is 0 Å². The Balaban J connectivity index is 1.48. The van der Waals surface area contributed by atoms with Crippen LogP contribution in [0, 0.1) is 0 Å². The fourth-order valence-electron chi connectivity index (χ4n) is 3.45. The molecule has 4 rings (SSSR count). The number of benzene rings is 1. The first-order chi connectivity index (χ1) is 13.3. The summed E-state index contributed by atoms with van der Waals surface area (Å²) in [6.45, 7) is 6.71. The van der Waals surface area contributed by atoms with Crippen LogP contribution in [-0.4, -0.2) is 47.7 Å². The summed E-state index contributed by atoms with van der Waals surface area (Å²) in [6, 6.07) is 18.5. The Bertz CT molecular complexity index is 847. The molecule has 0 bridgehead atoms. The van der Waals surface area contributed by atoms with E-state index >= 15 is 0 Å². The monoisotopic (exact) mass is 360 g/mol. The predicted octanol–water partition coefficient (Wildman–Crippen LogP) is 3.36. The number of rotatable bonds is 5. The van der Waals surface area contributed by atoms with Gasteiger partial charge in [-0.15, -0.1) is 0 Å². The van der Waals surface area contributed by atoms with Gasteiger partial charge in [0, 0.05) is 50.7 Å². The summed E-state index contributed by atoms with van der Waals surface area (Å²) in [7, 11) is 0. The first-order valence-electron chi connectivity index (χ1n) is 9.40. The van der Waals surface area contributed by atoms with Crippen LogP contribution in [0.1, 0.15) is 6.92 Å². The van der Waals surface area contributed by atoms with E-state index in [2.05, 4.69) is 73.0 Å². The number of nitrogens with zero attached hydrogens (tertiary/aromatic N) is 6. The fraction of sp³-hybridized carbons (Fsp3) is 0.286. The standard InChI is InChI=1S/C21H24N6/c1-2-27(18-8-4-3-5-9-18)21-16-20(23-17-24-21)26-14-12-25(13-15-26)19-10-6-7-11-22-19/h3-11,16-17H,2,12-15H2,1H3. The Morgan fingerprint density at radius 1 is 0.815 bits per heavy atom. The van der Waals surface area contributed by atoms with E-state index in [1.807, 2.05) is 24.4 Å². The zero-order chi connectivity index (χ0) is 18.5. The van der Waals surface area contributed by atoms with E-state index in [4.69, 9.17) is 0 Å². The van der Waals surface area contributed by atoms with Crippen LogP contribution in [-0.2, 0) is 0 Å². The molecule has 3 heterocycles. The van der Waals surface area contributed by atoms with Gasteiger partial charge < -0.3 is 14.7 Å². The van der Waals surface area contributed by atoms with E-state index in [0.717, 1.165) is 55.9 Å².